The van der Waals surface area contributed by atoms with Gasteiger partial charge in [0.15, 0.2) is 0 Å². The van der Waals surface area contributed by atoms with Crippen LogP contribution in [-0.2, 0) is 11.2 Å². The Bertz CT molecular complexity index is 1440. The van der Waals surface area contributed by atoms with E-state index in [1.54, 1.807) is 29.6 Å². The van der Waals surface area contributed by atoms with Gasteiger partial charge in [-0.15, -0.1) is 11.3 Å². The molecule has 1 atom stereocenters. The van der Waals surface area contributed by atoms with Crippen molar-refractivity contribution < 1.29 is 22.8 Å². The molecule has 0 spiro atoms. The van der Waals surface area contributed by atoms with Crippen LogP contribution in [-0.4, -0.2) is 51.7 Å². The Labute approximate surface area is 214 Å². The van der Waals surface area contributed by atoms with Crippen LogP contribution >= 0.6 is 11.3 Å². The lowest BCUT2D eigenvalue weighted by atomic mass is 9.95. The quantitative estimate of drug-likeness (QED) is 0.341. The van der Waals surface area contributed by atoms with Gasteiger partial charge in [0, 0.05) is 54.8 Å². The zero-order valence-electron chi connectivity index (χ0n) is 19.7. The van der Waals surface area contributed by atoms with E-state index in [0.717, 1.165) is 17.8 Å². The Balaban J connectivity index is 1.50. The summed E-state index contributed by atoms with van der Waals surface area (Å²) in [7, 11) is 1.75. The molecule has 37 heavy (non-hydrogen) atoms. The number of aromatic nitrogens is 3. The van der Waals surface area contributed by atoms with E-state index >= 15 is 0 Å². The van der Waals surface area contributed by atoms with Crippen LogP contribution in [0.4, 0.5) is 19.0 Å². The van der Waals surface area contributed by atoms with Crippen molar-refractivity contribution in [3.8, 4) is 22.5 Å². The minimum absolute atomic E-state index is 0.108. The number of fused-ring (bicyclic) bond motifs is 1. The highest BCUT2D eigenvalue weighted by Gasteiger charge is 2.31. The van der Waals surface area contributed by atoms with Gasteiger partial charge < -0.3 is 15.2 Å². The first kappa shape index (κ1) is 24.7. The molecule has 0 fully saturated rings. The monoisotopic (exact) mass is 525 g/mol. The number of rotatable bonds is 7. The summed E-state index contributed by atoms with van der Waals surface area (Å²) in [6.45, 7) is 0.578. The number of thiazole rings is 1. The van der Waals surface area contributed by atoms with Gasteiger partial charge in [-0.25, -0.2) is 23.1 Å². The zero-order chi connectivity index (χ0) is 26.1. The van der Waals surface area contributed by atoms with Gasteiger partial charge >= 0.3 is 0 Å². The molecule has 1 unspecified atom stereocenters. The Hall–Kier alpha value is -3.99. The van der Waals surface area contributed by atoms with E-state index in [9.17, 15) is 22.8 Å². The van der Waals surface area contributed by atoms with Gasteiger partial charge in [0.25, 0.3) is 5.91 Å². The van der Waals surface area contributed by atoms with Crippen molar-refractivity contribution in [2.24, 2.45) is 0 Å². The molecule has 4 heterocycles. The average Bonchev–Trinajstić information content (AvgIpc) is 3.54. The lowest BCUT2D eigenvalue weighted by Gasteiger charge is -2.22. The number of benzene rings is 1. The molecule has 2 N–H and O–H groups in total. The van der Waals surface area contributed by atoms with Crippen molar-refractivity contribution in [3.05, 3.63) is 76.1 Å². The summed E-state index contributed by atoms with van der Waals surface area (Å²) in [6.07, 6.45) is -1.31. The maximum absolute atomic E-state index is 13.3. The molecule has 0 bridgehead atoms. The molecule has 5 rings (SSSR count). The molecule has 11 heteroatoms. The van der Waals surface area contributed by atoms with Crippen molar-refractivity contribution in [2.75, 3.05) is 18.9 Å². The van der Waals surface area contributed by atoms with E-state index in [-0.39, 0.29) is 17.3 Å². The van der Waals surface area contributed by atoms with Crippen LogP contribution in [0.2, 0.25) is 0 Å². The normalized spacial score (nSPS) is 14.1. The van der Waals surface area contributed by atoms with E-state index in [0.29, 0.717) is 41.0 Å². The van der Waals surface area contributed by atoms with Crippen LogP contribution in [0.5, 0.6) is 0 Å². The lowest BCUT2D eigenvalue weighted by Crippen LogP contribution is -2.34. The number of hydrogen-bond acceptors (Lipinski definition) is 5. The lowest BCUT2D eigenvalue weighted by molar-refractivity contribution is -0.118. The SMILES string of the molecule is CN1CCc2[nH]c(-c3ccnc(NC(=O)C(CC(F)F)c4ccc(F)cc4)c3)c(-c3cscn3)c2C1=O. The first-order valence-electron chi connectivity index (χ1n) is 11.5. The standard InChI is InChI=1S/C26H22F3N5O2S/c1-34-9-7-18-23(26(34)36)22(19-12-37-13-31-19)24(32-18)15-6-8-30-21(10-15)33-25(35)17(11-20(28)29)14-2-4-16(27)5-3-14/h2-6,8,10,12-13,17,20,32H,7,9,11H2,1H3,(H,30,33,35). The maximum Gasteiger partial charge on any atom is 0.256 e. The van der Waals surface area contributed by atoms with Gasteiger partial charge in [0.05, 0.1) is 28.4 Å². The number of carbonyl (C=O) groups excluding carboxylic acids is 2. The maximum atomic E-state index is 13.3. The van der Waals surface area contributed by atoms with Crippen molar-refractivity contribution in [1.29, 1.82) is 0 Å². The third-order valence-electron chi connectivity index (χ3n) is 6.33. The number of likely N-dealkylation sites (N-methyl/N-ethyl adjacent to an activating group) is 1. The molecule has 0 aliphatic carbocycles. The van der Waals surface area contributed by atoms with Gasteiger partial charge in [0.2, 0.25) is 12.3 Å². The van der Waals surface area contributed by atoms with Gasteiger partial charge in [-0.3, -0.25) is 9.59 Å². The number of hydrogen-bond donors (Lipinski definition) is 2. The second kappa shape index (κ2) is 10.2. The molecule has 3 aromatic heterocycles. The first-order chi connectivity index (χ1) is 17.8. The summed E-state index contributed by atoms with van der Waals surface area (Å²) in [5.41, 5.74) is 5.94. The highest BCUT2D eigenvalue weighted by molar-refractivity contribution is 7.07. The molecule has 0 radical (unpaired) electrons. The molecule has 1 aliphatic heterocycles. The molecule has 1 aliphatic rings. The van der Waals surface area contributed by atoms with Crippen LogP contribution in [0.25, 0.3) is 22.5 Å². The third-order valence-corrected chi connectivity index (χ3v) is 6.91. The number of halogens is 3. The number of nitrogens with one attached hydrogen (secondary N) is 2. The molecule has 7 nitrogen and oxygen atoms in total. The van der Waals surface area contributed by atoms with Crippen LogP contribution < -0.4 is 5.32 Å². The number of anilines is 1. The van der Waals surface area contributed by atoms with Crippen LogP contribution in [0, 0.1) is 5.82 Å². The number of amides is 2. The molecule has 190 valence electrons. The largest absolute Gasteiger partial charge is 0.357 e. The Morgan fingerprint density at radius 3 is 2.68 bits per heavy atom. The van der Waals surface area contributed by atoms with E-state index in [1.165, 1.54) is 29.7 Å². The number of aromatic amines is 1. The number of alkyl halides is 2. The Morgan fingerprint density at radius 2 is 1.97 bits per heavy atom. The minimum Gasteiger partial charge on any atom is -0.357 e. The van der Waals surface area contributed by atoms with Crippen molar-refractivity contribution in [2.45, 2.75) is 25.2 Å². The van der Waals surface area contributed by atoms with Crippen LogP contribution in [0.1, 0.15) is 34.0 Å². The summed E-state index contributed by atoms with van der Waals surface area (Å²) in [5, 5.41) is 4.48. The fraction of sp³-hybridized carbons (Fsp3) is 0.231. The number of carbonyl (C=O) groups is 2. The summed E-state index contributed by atoms with van der Waals surface area (Å²) >= 11 is 1.41. The predicted octanol–water partition coefficient (Wildman–Crippen LogP) is 5.34. The fourth-order valence-electron chi connectivity index (χ4n) is 4.49. The minimum atomic E-state index is -2.73. The summed E-state index contributed by atoms with van der Waals surface area (Å²) in [6, 6.07) is 8.25. The van der Waals surface area contributed by atoms with Gasteiger partial charge in [0.1, 0.15) is 11.6 Å². The van der Waals surface area contributed by atoms with Gasteiger partial charge in [-0.1, -0.05) is 12.1 Å². The van der Waals surface area contributed by atoms with Gasteiger partial charge in [-0.2, -0.15) is 0 Å². The van der Waals surface area contributed by atoms with Gasteiger partial charge in [-0.05, 0) is 29.8 Å². The molecule has 1 aromatic carbocycles. The second-order valence-corrected chi connectivity index (χ2v) is 9.45. The van der Waals surface area contributed by atoms with E-state index in [1.807, 2.05) is 5.38 Å². The fourth-order valence-corrected chi connectivity index (χ4v) is 5.03. The molecule has 0 saturated carbocycles. The Morgan fingerprint density at radius 1 is 1.19 bits per heavy atom. The predicted molar refractivity (Wildman–Crippen MR) is 134 cm³/mol. The van der Waals surface area contributed by atoms with E-state index in [4.69, 9.17) is 0 Å². The van der Waals surface area contributed by atoms with Crippen LogP contribution in [0.15, 0.2) is 53.5 Å². The van der Waals surface area contributed by atoms with Crippen molar-refractivity contribution in [1.82, 2.24) is 19.9 Å². The molecule has 2 amide bonds. The van der Waals surface area contributed by atoms with Crippen molar-refractivity contribution >= 4 is 29.0 Å². The number of H-pyrrole nitrogens is 1. The first-order valence-corrected chi connectivity index (χ1v) is 12.5. The third kappa shape index (κ3) is 4.99. The van der Waals surface area contributed by atoms with E-state index in [2.05, 4.69) is 20.3 Å². The van der Waals surface area contributed by atoms with Crippen LogP contribution in [0.3, 0.4) is 0 Å². The zero-order valence-corrected chi connectivity index (χ0v) is 20.5. The molecule has 4 aromatic rings. The Kier molecular flexibility index (Phi) is 6.79. The molecular weight excluding hydrogens is 503 g/mol. The van der Waals surface area contributed by atoms with Crippen molar-refractivity contribution in [3.63, 3.8) is 0 Å². The summed E-state index contributed by atoms with van der Waals surface area (Å²) in [4.78, 5) is 39.7. The summed E-state index contributed by atoms with van der Waals surface area (Å²) < 4.78 is 39.9. The smallest absolute Gasteiger partial charge is 0.256 e. The van der Waals surface area contributed by atoms with E-state index < -0.39 is 30.5 Å². The molecule has 0 saturated heterocycles. The topological polar surface area (TPSA) is 91.0 Å². The average molecular weight is 526 g/mol. The molecular formula is C26H22F3N5O2S. The highest BCUT2D eigenvalue weighted by Crippen LogP contribution is 2.39. The highest BCUT2D eigenvalue weighted by atomic mass is 32.1. The second-order valence-electron chi connectivity index (χ2n) is 8.73. The summed E-state index contributed by atoms with van der Waals surface area (Å²) in [5.74, 6) is -2.35. The number of pyridine rings is 1. The number of nitrogens with zero attached hydrogens (tertiary/aromatic N) is 3.